The molecule has 2 saturated carbocycles. The molecule has 0 radical (unpaired) electrons. The Hall–Kier alpha value is -1.63. The van der Waals surface area contributed by atoms with Crippen molar-refractivity contribution >= 4 is 32.7 Å². The minimum Gasteiger partial charge on any atom is -0.492 e. The number of aromatic nitrogens is 1. The maximum atomic E-state index is 6.35. The summed E-state index contributed by atoms with van der Waals surface area (Å²) in [6.07, 6.45) is 3.42. The van der Waals surface area contributed by atoms with Crippen molar-refractivity contribution < 1.29 is 14.2 Å². The number of hydrogen-bond acceptors (Lipinski definition) is 5. The van der Waals surface area contributed by atoms with Gasteiger partial charge in [0.25, 0.3) is 0 Å². The summed E-state index contributed by atoms with van der Waals surface area (Å²) in [4.78, 5) is 4.45. The fourth-order valence-electron chi connectivity index (χ4n) is 5.06. The summed E-state index contributed by atoms with van der Waals surface area (Å²) >= 11 is 3.43. The molecule has 5 nitrogen and oxygen atoms in total. The monoisotopic (exact) mass is 444 g/mol. The summed E-state index contributed by atoms with van der Waals surface area (Å²) in [5.41, 5.74) is 7.84. The van der Waals surface area contributed by atoms with Crippen LogP contribution in [0.5, 0.6) is 5.75 Å². The van der Waals surface area contributed by atoms with E-state index < -0.39 is 5.79 Å². The van der Waals surface area contributed by atoms with Crippen molar-refractivity contribution in [1.82, 2.24) is 4.98 Å². The molecule has 148 valence electrons. The lowest BCUT2D eigenvalue weighted by Gasteiger charge is -2.26. The first kappa shape index (κ1) is 18.4. The topological polar surface area (TPSA) is 66.6 Å². The number of fused-ring (bicyclic) bond motifs is 4. The molecule has 1 aromatic carbocycles. The molecule has 2 N–H and O–H groups in total. The van der Waals surface area contributed by atoms with Gasteiger partial charge in [0.05, 0.1) is 21.5 Å². The zero-order chi connectivity index (χ0) is 19.7. The smallest absolute Gasteiger partial charge is 0.163 e. The van der Waals surface area contributed by atoms with Crippen molar-refractivity contribution in [1.29, 1.82) is 0 Å². The Morgan fingerprint density at radius 3 is 2.93 bits per heavy atom. The van der Waals surface area contributed by atoms with Crippen LogP contribution in [0.25, 0.3) is 10.9 Å². The second kappa shape index (κ2) is 6.18. The van der Waals surface area contributed by atoms with Gasteiger partial charge in [-0.3, -0.25) is 0 Å². The number of nitrogens with two attached hydrogens (primary N) is 1. The molecule has 1 aliphatic heterocycles. The van der Waals surface area contributed by atoms with Gasteiger partial charge in [-0.2, -0.15) is 0 Å². The van der Waals surface area contributed by atoms with Crippen LogP contribution < -0.4 is 10.5 Å². The Morgan fingerprint density at radius 1 is 1.29 bits per heavy atom. The molecule has 6 heteroatoms. The third-order valence-electron chi connectivity index (χ3n) is 6.48. The highest BCUT2D eigenvalue weighted by Crippen LogP contribution is 2.67. The van der Waals surface area contributed by atoms with Gasteiger partial charge in [0.1, 0.15) is 24.3 Å². The fourth-order valence-corrected chi connectivity index (χ4v) is 5.40. The Morgan fingerprint density at radius 2 is 2.11 bits per heavy atom. The van der Waals surface area contributed by atoms with Crippen LogP contribution in [0.4, 0.5) is 5.82 Å². The van der Waals surface area contributed by atoms with E-state index in [1.165, 1.54) is 5.57 Å². The highest BCUT2D eigenvalue weighted by Gasteiger charge is 2.69. The SMILES string of the molecule is C=C1[C@@H]2CCC[C@@H]3OC(C)(C)O[C@@H]3[C@]12COc1ccc2cc(Br)c(N)nc2c1. The number of rotatable bonds is 3. The summed E-state index contributed by atoms with van der Waals surface area (Å²) in [7, 11) is 0. The maximum Gasteiger partial charge on any atom is 0.163 e. The first-order chi connectivity index (χ1) is 13.3. The van der Waals surface area contributed by atoms with Crippen LogP contribution in [-0.4, -0.2) is 29.6 Å². The molecule has 5 rings (SSSR count). The summed E-state index contributed by atoms with van der Waals surface area (Å²) in [5.74, 6) is 1.16. The van der Waals surface area contributed by atoms with Crippen molar-refractivity contribution in [2.75, 3.05) is 12.3 Å². The summed E-state index contributed by atoms with van der Waals surface area (Å²) in [6, 6.07) is 7.90. The summed E-state index contributed by atoms with van der Waals surface area (Å²) in [6.45, 7) is 8.91. The lowest BCUT2D eigenvalue weighted by atomic mass is 9.93. The van der Waals surface area contributed by atoms with Gasteiger partial charge in [-0.1, -0.05) is 18.6 Å². The summed E-state index contributed by atoms with van der Waals surface area (Å²) in [5, 5.41) is 1.02. The van der Waals surface area contributed by atoms with Gasteiger partial charge in [-0.15, -0.1) is 0 Å². The van der Waals surface area contributed by atoms with Crippen molar-refractivity contribution in [2.24, 2.45) is 11.3 Å². The Bertz CT molecular complexity index is 976. The third-order valence-corrected chi connectivity index (χ3v) is 7.11. The van der Waals surface area contributed by atoms with Crippen LogP contribution in [0.2, 0.25) is 0 Å². The minimum absolute atomic E-state index is 0.00711. The largest absolute Gasteiger partial charge is 0.492 e. The van der Waals surface area contributed by atoms with E-state index in [0.29, 0.717) is 18.3 Å². The zero-order valence-electron chi connectivity index (χ0n) is 16.2. The number of nitrogen functional groups attached to an aromatic ring is 1. The maximum absolute atomic E-state index is 6.35. The molecule has 2 heterocycles. The Balaban J connectivity index is 1.41. The van der Waals surface area contributed by atoms with E-state index in [2.05, 4.69) is 27.5 Å². The zero-order valence-corrected chi connectivity index (χ0v) is 17.8. The molecule has 0 unspecified atom stereocenters. The van der Waals surface area contributed by atoms with E-state index in [-0.39, 0.29) is 17.6 Å². The summed E-state index contributed by atoms with van der Waals surface area (Å²) < 4.78 is 19.6. The Labute approximate surface area is 173 Å². The highest BCUT2D eigenvalue weighted by atomic mass is 79.9. The minimum atomic E-state index is -0.551. The molecule has 2 aromatic rings. The van der Waals surface area contributed by atoms with E-state index in [9.17, 15) is 0 Å². The average Bonchev–Trinajstić information content (AvgIpc) is 3.12. The van der Waals surface area contributed by atoms with E-state index in [0.717, 1.165) is 40.4 Å². The van der Waals surface area contributed by atoms with Gasteiger partial charge in [0.15, 0.2) is 5.79 Å². The van der Waals surface area contributed by atoms with Gasteiger partial charge in [-0.25, -0.2) is 4.98 Å². The van der Waals surface area contributed by atoms with Crippen LogP contribution in [0.15, 0.2) is 40.9 Å². The van der Waals surface area contributed by atoms with Crippen LogP contribution in [0.3, 0.4) is 0 Å². The lowest BCUT2D eigenvalue weighted by molar-refractivity contribution is -0.154. The molecule has 1 saturated heterocycles. The van der Waals surface area contributed by atoms with Crippen molar-refractivity contribution in [3.63, 3.8) is 0 Å². The number of benzene rings is 1. The number of ether oxygens (including phenoxy) is 3. The first-order valence-electron chi connectivity index (χ1n) is 9.84. The number of halogens is 1. The molecule has 0 bridgehead atoms. The van der Waals surface area contributed by atoms with Crippen molar-refractivity contribution in [3.8, 4) is 5.75 Å². The molecule has 2 aliphatic carbocycles. The predicted octanol–water partition coefficient (Wildman–Crippen LogP) is 4.83. The van der Waals surface area contributed by atoms with Crippen LogP contribution >= 0.6 is 15.9 Å². The number of anilines is 1. The van der Waals surface area contributed by atoms with Gasteiger partial charge >= 0.3 is 0 Å². The van der Waals surface area contributed by atoms with Crippen molar-refractivity contribution in [3.05, 3.63) is 40.9 Å². The van der Waals surface area contributed by atoms with E-state index in [1.807, 2.05) is 38.1 Å². The van der Waals surface area contributed by atoms with Gasteiger partial charge < -0.3 is 19.9 Å². The number of pyridine rings is 1. The molecule has 28 heavy (non-hydrogen) atoms. The molecule has 3 fully saturated rings. The van der Waals surface area contributed by atoms with E-state index in [4.69, 9.17) is 19.9 Å². The second-order valence-corrected chi connectivity index (χ2v) is 9.50. The van der Waals surface area contributed by atoms with Crippen LogP contribution in [0.1, 0.15) is 33.1 Å². The molecular formula is C22H25BrN2O3. The first-order valence-corrected chi connectivity index (χ1v) is 10.6. The third kappa shape index (κ3) is 2.77. The number of nitrogens with zero attached hydrogens (tertiary/aromatic N) is 1. The highest BCUT2D eigenvalue weighted by molar-refractivity contribution is 9.10. The van der Waals surface area contributed by atoms with E-state index >= 15 is 0 Å². The lowest BCUT2D eigenvalue weighted by Crippen LogP contribution is -2.37. The standard InChI is InChI=1S/C22H25BrN2O3/c1-12-15-5-4-6-18-19(28-21(2,3)27-18)22(12,15)11-26-14-8-7-13-9-16(23)20(24)25-17(13)10-14/h7-10,15,18-19H,1,4-6,11H2,2-3H3,(H2,24,25)/t15-,18-,19-,22+/m0/s1. The Kier molecular flexibility index (Phi) is 4.06. The van der Waals surface area contributed by atoms with Crippen LogP contribution in [-0.2, 0) is 9.47 Å². The molecule has 0 spiro atoms. The second-order valence-electron chi connectivity index (χ2n) is 8.64. The van der Waals surface area contributed by atoms with Gasteiger partial charge in [-0.05, 0) is 66.7 Å². The van der Waals surface area contributed by atoms with Crippen LogP contribution in [0, 0.1) is 11.3 Å². The molecule has 1 aromatic heterocycles. The van der Waals surface area contributed by atoms with E-state index in [1.54, 1.807) is 0 Å². The normalized spacial score (nSPS) is 33.2. The van der Waals surface area contributed by atoms with Gasteiger partial charge in [0, 0.05) is 11.5 Å². The molecule has 4 atom stereocenters. The number of hydrogen-bond donors (Lipinski definition) is 1. The molecular weight excluding hydrogens is 420 g/mol. The quantitative estimate of drug-likeness (QED) is 0.686. The molecule has 0 amide bonds. The average molecular weight is 445 g/mol. The van der Waals surface area contributed by atoms with Crippen molar-refractivity contribution in [2.45, 2.75) is 51.1 Å². The fraction of sp³-hybridized carbons (Fsp3) is 0.500. The molecule has 3 aliphatic rings. The predicted molar refractivity (Wildman–Crippen MR) is 112 cm³/mol. The van der Waals surface area contributed by atoms with Gasteiger partial charge in [0.2, 0.25) is 0 Å².